The lowest BCUT2D eigenvalue weighted by Crippen LogP contribution is -2.28. The van der Waals surface area contributed by atoms with Crippen molar-refractivity contribution in [2.24, 2.45) is 0 Å². The first-order valence-corrected chi connectivity index (χ1v) is 11.1. The van der Waals surface area contributed by atoms with Crippen LogP contribution in [0, 0.1) is 27.7 Å². The van der Waals surface area contributed by atoms with Crippen molar-refractivity contribution in [3.05, 3.63) is 81.0 Å². The van der Waals surface area contributed by atoms with Crippen LogP contribution >= 0.6 is 10.5 Å². The summed E-state index contributed by atoms with van der Waals surface area (Å²) in [5.74, 6) is 0.380. The molecule has 0 fully saturated rings. The van der Waals surface area contributed by atoms with Gasteiger partial charge in [-0.3, -0.25) is 0 Å². The smallest absolute Gasteiger partial charge is 0.345 e. The molecule has 152 valence electrons. The number of hydrogen-bond donors (Lipinski definition) is 0. The summed E-state index contributed by atoms with van der Waals surface area (Å²) in [5.41, 5.74) is 3.50. The molecule has 4 heteroatoms. The van der Waals surface area contributed by atoms with E-state index < -0.39 is 5.60 Å². The number of aryl methyl sites for hydroxylation is 4. The topological polar surface area (TPSA) is 35.5 Å². The standard InChI is InChI=1S/C25H29O3S/c1-17-9-11-21(12-10-17)25(5,6)28-23(26)16-27-24-18(2)14-22(15-19(24)3)29-13-7-8-20(29)4/h7-15H,16H2,1-6H3/q+1. The van der Waals surface area contributed by atoms with Crippen LogP contribution in [0.2, 0.25) is 0 Å². The summed E-state index contributed by atoms with van der Waals surface area (Å²) in [6.45, 7) is 11.9. The molecule has 0 saturated heterocycles. The summed E-state index contributed by atoms with van der Waals surface area (Å²) in [6.07, 6.45) is 0. The van der Waals surface area contributed by atoms with E-state index in [1.54, 1.807) is 0 Å². The molecule has 0 spiro atoms. The summed E-state index contributed by atoms with van der Waals surface area (Å²) in [5, 5.41) is 2.23. The van der Waals surface area contributed by atoms with Gasteiger partial charge >= 0.3 is 5.97 Å². The molecule has 0 saturated carbocycles. The molecule has 3 rings (SSSR count). The third-order valence-corrected chi connectivity index (χ3v) is 7.03. The molecule has 0 radical (unpaired) electrons. The molecule has 1 unspecified atom stereocenters. The molecule has 1 aromatic heterocycles. The summed E-state index contributed by atoms with van der Waals surface area (Å²) in [7, 11) is 0.0200. The Morgan fingerprint density at radius 1 is 0.966 bits per heavy atom. The van der Waals surface area contributed by atoms with E-state index in [0.717, 1.165) is 22.4 Å². The van der Waals surface area contributed by atoms with Crippen LogP contribution in [-0.4, -0.2) is 12.6 Å². The summed E-state index contributed by atoms with van der Waals surface area (Å²) in [4.78, 5) is 15.1. The normalized spacial score (nSPS) is 12.0. The number of esters is 1. The van der Waals surface area contributed by atoms with E-state index >= 15 is 0 Å². The van der Waals surface area contributed by atoms with Gasteiger partial charge in [0.2, 0.25) is 0 Å². The van der Waals surface area contributed by atoms with Crippen molar-refractivity contribution in [3.63, 3.8) is 0 Å². The van der Waals surface area contributed by atoms with Crippen molar-refractivity contribution in [1.29, 1.82) is 0 Å². The monoisotopic (exact) mass is 409 g/mol. The molecule has 0 aliphatic carbocycles. The summed E-state index contributed by atoms with van der Waals surface area (Å²) >= 11 is 0. The molecule has 2 aromatic carbocycles. The molecular formula is C25H29O3S+. The fraction of sp³-hybridized carbons (Fsp3) is 0.320. The van der Waals surface area contributed by atoms with E-state index in [1.807, 2.05) is 58.9 Å². The lowest BCUT2D eigenvalue weighted by atomic mass is 9.97. The number of benzene rings is 2. The minimum atomic E-state index is -0.706. The Kier molecular flexibility index (Phi) is 6.13. The van der Waals surface area contributed by atoms with Gasteiger partial charge in [0.25, 0.3) is 0 Å². The molecule has 1 atom stereocenters. The maximum Gasteiger partial charge on any atom is 0.345 e. The molecule has 0 aliphatic rings. The average molecular weight is 410 g/mol. The minimum Gasteiger partial charge on any atom is -0.481 e. The van der Waals surface area contributed by atoms with Crippen molar-refractivity contribution >= 4 is 16.4 Å². The van der Waals surface area contributed by atoms with Crippen molar-refractivity contribution < 1.29 is 14.3 Å². The van der Waals surface area contributed by atoms with E-state index in [0.29, 0.717) is 0 Å². The van der Waals surface area contributed by atoms with Crippen molar-refractivity contribution in [3.8, 4) is 10.6 Å². The Labute approximate surface area is 176 Å². The summed E-state index contributed by atoms with van der Waals surface area (Å²) < 4.78 is 11.6. The van der Waals surface area contributed by atoms with Crippen molar-refractivity contribution in [2.45, 2.75) is 47.1 Å². The van der Waals surface area contributed by atoms with Crippen molar-refractivity contribution in [1.82, 2.24) is 0 Å². The van der Waals surface area contributed by atoms with Crippen LogP contribution in [0.25, 0.3) is 4.90 Å². The van der Waals surface area contributed by atoms with Crippen LogP contribution in [0.15, 0.2) is 53.9 Å². The number of carbonyl (C=O) groups is 1. The predicted molar refractivity (Wildman–Crippen MR) is 120 cm³/mol. The number of thiophene rings is 1. The second-order valence-electron chi connectivity index (χ2n) is 7.97. The van der Waals surface area contributed by atoms with Gasteiger partial charge in [-0.05, 0) is 63.4 Å². The number of hydrogen-bond acceptors (Lipinski definition) is 3. The molecule has 0 amide bonds. The molecule has 3 nitrogen and oxygen atoms in total. The largest absolute Gasteiger partial charge is 0.481 e. The second kappa shape index (κ2) is 8.42. The summed E-state index contributed by atoms with van der Waals surface area (Å²) in [6, 6.07) is 16.6. The molecule has 0 bridgehead atoms. The van der Waals surface area contributed by atoms with Crippen LogP contribution < -0.4 is 4.74 Å². The van der Waals surface area contributed by atoms with Crippen LogP contribution in [0.1, 0.15) is 41.0 Å². The van der Waals surface area contributed by atoms with Gasteiger partial charge in [0.1, 0.15) is 16.7 Å². The van der Waals surface area contributed by atoms with E-state index in [-0.39, 0.29) is 23.0 Å². The average Bonchev–Trinajstić information content (AvgIpc) is 3.07. The van der Waals surface area contributed by atoms with Gasteiger partial charge in [0.05, 0.1) is 0 Å². The van der Waals surface area contributed by atoms with E-state index in [4.69, 9.17) is 9.47 Å². The number of rotatable bonds is 6. The molecule has 29 heavy (non-hydrogen) atoms. The van der Waals surface area contributed by atoms with Gasteiger partial charge in [0, 0.05) is 29.5 Å². The zero-order valence-corrected chi connectivity index (χ0v) is 18.9. The lowest BCUT2D eigenvalue weighted by molar-refractivity contribution is -0.159. The highest BCUT2D eigenvalue weighted by Gasteiger charge is 2.26. The first-order chi connectivity index (χ1) is 13.7. The minimum absolute atomic E-state index is 0.0200. The van der Waals surface area contributed by atoms with Gasteiger partial charge in [-0.25, -0.2) is 4.79 Å². The SMILES string of the molecule is Cc1ccc(C(C)(C)OC(=O)COc2c(C)cc(-[s+]3cccc3C)cc2C)cc1. The molecule has 3 aromatic rings. The highest BCUT2D eigenvalue weighted by molar-refractivity contribution is 7.38. The highest BCUT2D eigenvalue weighted by Crippen LogP contribution is 2.38. The first kappa shape index (κ1) is 21.1. The Morgan fingerprint density at radius 2 is 1.59 bits per heavy atom. The molecule has 0 N–H and O–H groups in total. The fourth-order valence-corrected chi connectivity index (χ4v) is 5.23. The molecule has 0 aliphatic heterocycles. The van der Waals surface area contributed by atoms with E-state index in [2.05, 4.69) is 36.6 Å². The van der Waals surface area contributed by atoms with Crippen LogP contribution in [0.3, 0.4) is 0 Å². The van der Waals surface area contributed by atoms with E-state index in [1.165, 1.54) is 15.3 Å². The second-order valence-corrected chi connectivity index (χ2v) is 10.0. The zero-order valence-electron chi connectivity index (χ0n) is 18.0. The molecular weight excluding hydrogens is 380 g/mol. The fourth-order valence-electron chi connectivity index (χ4n) is 3.42. The Morgan fingerprint density at radius 3 is 2.14 bits per heavy atom. The predicted octanol–water partition coefficient (Wildman–Crippen LogP) is 6.52. The number of ether oxygens (including phenoxy) is 2. The Bertz CT molecular complexity index is 990. The maximum absolute atomic E-state index is 12.5. The van der Waals surface area contributed by atoms with Gasteiger partial charge in [-0.15, -0.1) is 0 Å². The lowest BCUT2D eigenvalue weighted by Gasteiger charge is -2.26. The van der Waals surface area contributed by atoms with Crippen molar-refractivity contribution in [2.75, 3.05) is 6.61 Å². The van der Waals surface area contributed by atoms with Gasteiger partial charge in [-0.1, -0.05) is 29.8 Å². The zero-order chi connectivity index (χ0) is 21.2. The Balaban J connectivity index is 1.68. The van der Waals surface area contributed by atoms with Gasteiger partial charge in [-0.2, -0.15) is 0 Å². The van der Waals surface area contributed by atoms with Gasteiger partial charge < -0.3 is 9.47 Å². The van der Waals surface area contributed by atoms with Crippen LogP contribution in [0.4, 0.5) is 0 Å². The molecule has 1 heterocycles. The first-order valence-electron chi connectivity index (χ1n) is 9.78. The third kappa shape index (κ3) is 4.88. The quantitative estimate of drug-likeness (QED) is 0.344. The third-order valence-electron chi connectivity index (χ3n) is 5.03. The van der Waals surface area contributed by atoms with Crippen LogP contribution in [-0.2, 0) is 15.1 Å². The van der Waals surface area contributed by atoms with Gasteiger partial charge in [0.15, 0.2) is 16.4 Å². The van der Waals surface area contributed by atoms with Crippen LogP contribution in [0.5, 0.6) is 5.75 Å². The van der Waals surface area contributed by atoms with E-state index in [9.17, 15) is 4.79 Å². The maximum atomic E-state index is 12.5. The number of carbonyl (C=O) groups excluding carboxylic acids is 1. The Hall–Kier alpha value is -2.59. The highest BCUT2D eigenvalue weighted by atomic mass is 32.2.